The lowest BCUT2D eigenvalue weighted by molar-refractivity contribution is -0.115. The molecule has 9 heteroatoms. The monoisotopic (exact) mass is 365 g/mol. The van der Waals surface area contributed by atoms with Gasteiger partial charge in [-0.15, -0.1) is 11.8 Å². The highest BCUT2D eigenvalue weighted by Gasteiger charge is 2.17. The van der Waals surface area contributed by atoms with Crippen molar-refractivity contribution in [2.75, 3.05) is 16.4 Å². The van der Waals surface area contributed by atoms with Crippen molar-refractivity contribution in [1.29, 1.82) is 0 Å². The first-order valence-electron chi connectivity index (χ1n) is 8.02. The molecule has 2 rings (SSSR count). The van der Waals surface area contributed by atoms with Gasteiger partial charge in [0.15, 0.2) is 5.82 Å². The van der Waals surface area contributed by atoms with E-state index in [1.807, 2.05) is 0 Å². The zero-order valence-corrected chi connectivity index (χ0v) is 15.6. The van der Waals surface area contributed by atoms with Crippen LogP contribution >= 0.6 is 11.8 Å². The minimum Gasteiger partial charge on any atom is -0.360 e. The largest absolute Gasteiger partial charge is 0.360 e. The lowest BCUT2D eigenvalue weighted by atomic mass is 10.2. The van der Waals surface area contributed by atoms with Crippen LogP contribution in [0.5, 0.6) is 0 Å². The van der Waals surface area contributed by atoms with Crippen LogP contribution in [0.1, 0.15) is 26.5 Å². The second-order valence-corrected chi connectivity index (χ2v) is 7.43. The van der Waals surface area contributed by atoms with Crippen molar-refractivity contribution in [2.45, 2.75) is 39.5 Å². The predicted octanol–water partition coefficient (Wildman–Crippen LogP) is 2.53. The Morgan fingerprint density at radius 3 is 2.72 bits per heavy atom. The van der Waals surface area contributed by atoms with Gasteiger partial charge >= 0.3 is 0 Å². The standard InChI is InChI=1S/C16H23N5O3S/c1-10(2)8-21-14(5-6-17-21)19-15(22)9-25-12(4)16(23)18-13-7-11(3)24-20-13/h5-7,10,12H,8-9H2,1-4H3,(H,19,22)(H,18,20,23). The number of hydrogen-bond acceptors (Lipinski definition) is 6. The Morgan fingerprint density at radius 1 is 1.32 bits per heavy atom. The van der Waals surface area contributed by atoms with Gasteiger partial charge < -0.3 is 15.2 Å². The number of anilines is 2. The number of nitrogens with one attached hydrogen (secondary N) is 2. The lowest BCUT2D eigenvalue weighted by Crippen LogP contribution is -2.25. The minimum absolute atomic E-state index is 0.166. The summed E-state index contributed by atoms with van der Waals surface area (Å²) in [4.78, 5) is 24.2. The average molecular weight is 365 g/mol. The molecule has 25 heavy (non-hydrogen) atoms. The van der Waals surface area contributed by atoms with Gasteiger partial charge in [-0.2, -0.15) is 5.10 Å². The zero-order chi connectivity index (χ0) is 18.4. The Morgan fingerprint density at radius 2 is 2.08 bits per heavy atom. The predicted molar refractivity (Wildman–Crippen MR) is 97.5 cm³/mol. The van der Waals surface area contributed by atoms with Crippen LogP contribution < -0.4 is 10.6 Å². The van der Waals surface area contributed by atoms with Crippen LogP contribution in [-0.4, -0.2) is 37.8 Å². The van der Waals surface area contributed by atoms with Crippen LogP contribution in [-0.2, 0) is 16.1 Å². The van der Waals surface area contributed by atoms with Crippen LogP contribution in [0.3, 0.4) is 0 Å². The second-order valence-electron chi connectivity index (χ2n) is 6.11. The smallest absolute Gasteiger partial charge is 0.238 e. The molecule has 0 bridgehead atoms. The highest BCUT2D eigenvalue weighted by molar-refractivity contribution is 8.01. The number of aromatic nitrogens is 3. The molecule has 0 saturated carbocycles. The normalized spacial score (nSPS) is 12.2. The van der Waals surface area contributed by atoms with Gasteiger partial charge in [0.1, 0.15) is 11.6 Å². The van der Waals surface area contributed by atoms with Crippen molar-refractivity contribution < 1.29 is 14.1 Å². The number of rotatable bonds is 8. The number of nitrogens with zero attached hydrogens (tertiary/aromatic N) is 3. The van der Waals surface area contributed by atoms with Gasteiger partial charge in [0.2, 0.25) is 11.8 Å². The average Bonchev–Trinajstić information content (AvgIpc) is 3.13. The van der Waals surface area contributed by atoms with Crippen LogP contribution in [0.2, 0.25) is 0 Å². The molecule has 1 unspecified atom stereocenters. The van der Waals surface area contributed by atoms with Crippen LogP contribution in [0.4, 0.5) is 11.6 Å². The van der Waals surface area contributed by atoms with Crippen molar-refractivity contribution in [3.63, 3.8) is 0 Å². The molecule has 0 aromatic carbocycles. The number of hydrogen-bond donors (Lipinski definition) is 2. The van der Waals surface area contributed by atoms with Crippen LogP contribution in [0.15, 0.2) is 22.9 Å². The molecule has 1 atom stereocenters. The molecule has 0 radical (unpaired) electrons. The van der Waals surface area contributed by atoms with Crippen molar-refractivity contribution in [1.82, 2.24) is 14.9 Å². The topological polar surface area (TPSA) is 102 Å². The number of carbonyl (C=O) groups excluding carboxylic acids is 2. The van der Waals surface area contributed by atoms with E-state index in [1.165, 1.54) is 11.8 Å². The lowest BCUT2D eigenvalue weighted by Gasteiger charge is -2.12. The molecule has 2 N–H and O–H groups in total. The summed E-state index contributed by atoms with van der Waals surface area (Å²) in [5, 5.41) is 13.0. The number of amides is 2. The van der Waals surface area contributed by atoms with E-state index >= 15 is 0 Å². The molecule has 0 aliphatic heterocycles. The van der Waals surface area contributed by atoms with E-state index in [4.69, 9.17) is 4.52 Å². The van der Waals surface area contributed by atoms with Gasteiger partial charge in [-0.25, -0.2) is 4.68 Å². The number of aryl methyl sites for hydroxylation is 1. The molecule has 2 amide bonds. The third-order valence-electron chi connectivity index (χ3n) is 3.23. The van der Waals surface area contributed by atoms with E-state index in [-0.39, 0.29) is 17.6 Å². The van der Waals surface area contributed by atoms with E-state index in [9.17, 15) is 9.59 Å². The zero-order valence-electron chi connectivity index (χ0n) is 14.8. The van der Waals surface area contributed by atoms with E-state index in [2.05, 4.69) is 34.7 Å². The Bertz CT molecular complexity index is 725. The summed E-state index contributed by atoms with van der Waals surface area (Å²) in [6.07, 6.45) is 1.65. The van der Waals surface area contributed by atoms with Crippen LogP contribution in [0.25, 0.3) is 0 Å². The first-order chi connectivity index (χ1) is 11.8. The van der Waals surface area contributed by atoms with Crippen molar-refractivity contribution in [3.05, 3.63) is 24.1 Å². The van der Waals surface area contributed by atoms with E-state index in [1.54, 1.807) is 36.9 Å². The Kier molecular flexibility index (Phi) is 6.63. The van der Waals surface area contributed by atoms with E-state index < -0.39 is 5.25 Å². The van der Waals surface area contributed by atoms with Crippen LogP contribution in [0, 0.1) is 12.8 Å². The van der Waals surface area contributed by atoms with E-state index in [0.29, 0.717) is 23.3 Å². The molecular formula is C16H23N5O3S. The molecule has 0 aliphatic carbocycles. The molecule has 136 valence electrons. The third-order valence-corrected chi connectivity index (χ3v) is 4.38. The molecule has 0 saturated heterocycles. The highest BCUT2D eigenvalue weighted by atomic mass is 32.2. The first kappa shape index (κ1) is 19.0. The number of thioether (sulfide) groups is 1. The van der Waals surface area contributed by atoms with Gasteiger partial charge in [0.25, 0.3) is 0 Å². The van der Waals surface area contributed by atoms with Gasteiger partial charge in [-0.05, 0) is 19.8 Å². The molecule has 2 aromatic rings. The van der Waals surface area contributed by atoms with Gasteiger partial charge in [0, 0.05) is 18.7 Å². The molecule has 2 heterocycles. The van der Waals surface area contributed by atoms with Crippen molar-refractivity contribution in [3.8, 4) is 0 Å². The molecule has 0 aliphatic rings. The fourth-order valence-electron chi connectivity index (χ4n) is 2.04. The van der Waals surface area contributed by atoms with Gasteiger partial charge in [-0.1, -0.05) is 19.0 Å². The summed E-state index contributed by atoms with van der Waals surface area (Å²) in [5.41, 5.74) is 0. The van der Waals surface area contributed by atoms with Crippen molar-refractivity contribution >= 4 is 35.2 Å². The summed E-state index contributed by atoms with van der Waals surface area (Å²) < 4.78 is 6.66. The summed E-state index contributed by atoms with van der Waals surface area (Å²) in [7, 11) is 0. The molecule has 8 nitrogen and oxygen atoms in total. The minimum atomic E-state index is -0.400. The summed E-state index contributed by atoms with van der Waals surface area (Å²) in [6, 6.07) is 3.39. The molecule has 0 spiro atoms. The van der Waals surface area contributed by atoms with Gasteiger partial charge in [0.05, 0.1) is 17.2 Å². The first-order valence-corrected chi connectivity index (χ1v) is 9.07. The van der Waals surface area contributed by atoms with E-state index in [0.717, 1.165) is 6.54 Å². The molecule has 0 fully saturated rings. The molecule has 2 aromatic heterocycles. The summed E-state index contributed by atoms with van der Waals surface area (Å²) >= 11 is 1.25. The highest BCUT2D eigenvalue weighted by Crippen LogP contribution is 2.15. The Balaban J connectivity index is 1.79. The summed E-state index contributed by atoms with van der Waals surface area (Å²) in [6.45, 7) is 8.38. The fourth-order valence-corrected chi connectivity index (χ4v) is 2.72. The van der Waals surface area contributed by atoms with Crippen molar-refractivity contribution in [2.24, 2.45) is 5.92 Å². The molecular weight excluding hydrogens is 342 g/mol. The Labute approximate surface area is 150 Å². The number of carbonyl (C=O) groups is 2. The maximum atomic E-state index is 12.1. The fraction of sp³-hybridized carbons (Fsp3) is 0.500. The SMILES string of the molecule is Cc1cc(NC(=O)C(C)SCC(=O)Nc2ccnn2CC(C)C)no1. The third kappa shape index (κ3) is 5.93. The van der Waals surface area contributed by atoms with Gasteiger partial charge in [-0.3, -0.25) is 9.59 Å². The Hall–Kier alpha value is -2.29. The maximum absolute atomic E-state index is 12.1. The second kappa shape index (κ2) is 8.70. The quantitative estimate of drug-likeness (QED) is 0.745. The summed E-state index contributed by atoms with van der Waals surface area (Å²) in [5.74, 6) is 1.84. The maximum Gasteiger partial charge on any atom is 0.238 e.